The van der Waals surface area contributed by atoms with E-state index in [1.165, 1.54) is 13.2 Å². The van der Waals surface area contributed by atoms with Crippen molar-refractivity contribution < 1.29 is 19.4 Å². The third-order valence-electron chi connectivity index (χ3n) is 2.33. The molecule has 0 saturated carbocycles. The summed E-state index contributed by atoms with van der Waals surface area (Å²) in [5, 5.41) is 9.52. The molecule has 17 heavy (non-hydrogen) atoms. The summed E-state index contributed by atoms with van der Waals surface area (Å²) in [6, 6.07) is 4.32. The van der Waals surface area contributed by atoms with Gasteiger partial charge in [0.1, 0.15) is 0 Å². The molecule has 5 heteroatoms. The number of carbonyl (C=O) groups excluding carboxylic acids is 1. The number of nitrogens with two attached hydrogens (primary N) is 1. The van der Waals surface area contributed by atoms with Gasteiger partial charge in [-0.05, 0) is 24.6 Å². The third-order valence-corrected chi connectivity index (χ3v) is 2.33. The first-order valence-corrected chi connectivity index (χ1v) is 5.36. The van der Waals surface area contributed by atoms with Crippen molar-refractivity contribution in [3.63, 3.8) is 0 Å². The Morgan fingerprint density at radius 2 is 2.24 bits per heavy atom. The first kappa shape index (κ1) is 13.3. The van der Waals surface area contributed by atoms with E-state index in [1.807, 2.05) is 6.92 Å². The summed E-state index contributed by atoms with van der Waals surface area (Å²) in [7, 11) is 1.32. The molecule has 0 spiro atoms. The lowest BCUT2D eigenvalue weighted by Gasteiger charge is -2.13. The summed E-state index contributed by atoms with van der Waals surface area (Å²) < 4.78 is 9.78. The molecule has 0 aromatic heterocycles. The highest BCUT2D eigenvalue weighted by Crippen LogP contribution is 2.29. The molecule has 0 aliphatic heterocycles. The maximum Gasteiger partial charge on any atom is 0.307 e. The molecule has 94 valence electrons. The molecule has 0 saturated heterocycles. The minimum absolute atomic E-state index is 0.0564. The van der Waals surface area contributed by atoms with E-state index < -0.39 is 6.04 Å². The van der Waals surface area contributed by atoms with Crippen LogP contribution < -0.4 is 10.5 Å². The van der Waals surface area contributed by atoms with Crippen molar-refractivity contribution in [1.82, 2.24) is 0 Å². The SMILES string of the molecule is CCOc1cc([C@H](N)CC(=O)OC)ccc1O. The molecule has 1 aromatic rings. The van der Waals surface area contributed by atoms with E-state index >= 15 is 0 Å². The number of esters is 1. The number of hydrogen-bond acceptors (Lipinski definition) is 5. The topological polar surface area (TPSA) is 81.8 Å². The summed E-state index contributed by atoms with van der Waals surface area (Å²) in [5.41, 5.74) is 6.57. The van der Waals surface area contributed by atoms with Gasteiger partial charge in [0.15, 0.2) is 11.5 Å². The van der Waals surface area contributed by atoms with E-state index in [0.29, 0.717) is 12.4 Å². The molecule has 0 unspecified atom stereocenters. The van der Waals surface area contributed by atoms with Crippen molar-refractivity contribution >= 4 is 5.97 Å². The van der Waals surface area contributed by atoms with Gasteiger partial charge in [-0.15, -0.1) is 0 Å². The number of phenols is 1. The smallest absolute Gasteiger partial charge is 0.307 e. The molecular weight excluding hydrogens is 222 g/mol. The number of phenolic OH excluding ortho intramolecular Hbond substituents is 1. The number of rotatable bonds is 5. The molecule has 5 nitrogen and oxygen atoms in total. The normalized spacial score (nSPS) is 11.9. The van der Waals surface area contributed by atoms with Gasteiger partial charge < -0.3 is 20.3 Å². The highest BCUT2D eigenvalue weighted by Gasteiger charge is 2.14. The van der Waals surface area contributed by atoms with Crippen LogP contribution in [0, 0.1) is 0 Å². The number of carbonyl (C=O) groups is 1. The molecular formula is C12H17NO4. The summed E-state index contributed by atoms with van der Waals surface area (Å²) in [6.45, 7) is 2.27. The predicted molar refractivity (Wildman–Crippen MR) is 62.8 cm³/mol. The molecule has 0 fully saturated rings. The average molecular weight is 239 g/mol. The van der Waals surface area contributed by atoms with Crippen molar-refractivity contribution in [2.75, 3.05) is 13.7 Å². The lowest BCUT2D eigenvalue weighted by atomic mass is 10.0. The fourth-order valence-electron chi connectivity index (χ4n) is 1.41. The lowest BCUT2D eigenvalue weighted by Crippen LogP contribution is -2.16. The predicted octanol–water partition coefficient (Wildman–Crippen LogP) is 1.35. The lowest BCUT2D eigenvalue weighted by molar-refractivity contribution is -0.141. The van der Waals surface area contributed by atoms with Crippen LogP contribution in [0.25, 0.3) is 0 Å². The van der Waals surface area contributed by atoms with E-state index in [1.54, 1.807) is 12.1 Å². The fraction of sp³-hybridized carbons (Fsp3) is 0.417. The Kier molecular flexibility index (Phi) is 4.78. The number of hydrogen-bond donors (Lipinski definition) is 2. The van der Waals surface area contributed by atoms with Crippen molar-refractivity contribution in [2.45, 2.75) is 19.4 Å². The van der Waals surface area contributed by atoms with Gasteiger partial charge in [-0.3, -0.25) is 4.79 Å². The molecule has 0 amide bonds. The summed E-state index contributed by atoms with van der Waals surface area (Å²) in [6.07, 6.45) is 0.0901. The van der Waals surface area contributed by atoms with Gasteiger partial charge in [0.05, 0.1) is 20.1 Å². The van der Waals surface area contributed by atoms with E-state index in [4.69, 9.17) is 10.5 Å². The van der Waals surface area contributed by atoms with Gasteiger partial charge in [-0.2, -0.15) is 0 Å². The van der Waals surface area contributed by atoms with Crippen LogP contribution in [-0.2, 0) is 9.53 Å². The first-order valence-electron chi connectivity index (χ1n) is 5.36. The second-order valence-electron chi connectivity index (χ2n) is 3.55. The fourth-order valence-corrected chi connectivity index (χ4v) is 1.41. The molecule has 0 bridgehead atoms. The van der Waals surface area contributed by atoms with Crippen LogP contribution in [0.5, 0.6) is 11.5 Å². The molecule has 1 atom stereocenters. The van der Waals surface area contributed by atoms with Crippen LogP contribution in [0.15, 0.2) is 18.2 Å². The Balaban J connectivity index is 2.83. The molecule has 1 aromatic carbocycles. The summed E-state index contributed by atoms with van der Waals surface area (Å²) >= 11 is 0. The highest BCUT2D eigenvalue weighted by atomic mass is 16.5. The van der Waals surface area contributed by atoms with Crippen molar-refractivity contribution in [3.8, 4) is 11.5 Å². The van der Waals surface area contributed by atoms with Gasteiger partial charge in [0.2, 0.25) is 0 Å². The maximum absolute atomic E-state index is 11.1. The number of aromatic hydroxyl groups is 1. The van der Waals surface area contributed by atoms with Crippen LogP contribution in [-0.4, -0.2) is 24.8 Å². The quantitative estimate of drug-likeness (QED) is 0.758. The zero-order chi connectivity index (χ0) is 12.8. The third kappa shape index (κ3) is 3.64. The standard InChI is InChI=1S/C12H17NO4/c1-3-17-11-6-8(4-5-10(11)14)9(13)7-12(15)16-2/h4-6,9,14H,3,7,13H2,1-2H3/t9-/m1/s1. The Morgan fingerprint density at radius 1 is 1.53 bits per heavy atom. The molecule has 0 radical (unpaired) electrons. The van der Waals surface area contributed by atoms with Gasteiger partial charge >= 0.3 is 5.97 Å². The van der Waals surface area contributed by atoms with Gasteiger partial charge in [0, 0.05) is 6.04 Å². The second-order valence-corrected chi connectivity index (χ2v) is 3.55. The van der Waals surface area contributed by atoms with Gasteiger partial charge in [-0.25, -0.2) is 0 Å². The Labute approximate surface area is 100 Å². The largest absolute Gasteiger partial charge is 0.504 e. The average Bonchev–Trinajstić information content (AvgIpc) is 2.32. The molecule has 3 N–H and O–H groups in total. The van der Waals surface area contributed by atoms with Gasteiger partial charge in [-0.1, -0.05) is 6.07 Å². The van der Waals surface area contributed by atoms with Crippen molar-refractivity contribution in [3.05, 3.63) is 23.8 Å². The van der Waals surface area contributed by atoms with E-state index in [-0.39, 0.29) is 18.1 Å². The van der Waals surface area contributed by atoms with E-state index in [0.717, 1.165) is 5.56 Å². The summed E-state index contributed by atoms with van der Waals surface area (Å²) in [4.78, 5) is 11.1. The Morgan fingerprint density at radius 3 is 2.82 bits per heavy atom. The highest BCUT2D eigenvalue weighted by molar-refractivity contribution is 5.70. The zero-order valence-electron chi connectivity index (χ0n) is 9.97. The van der Waals surface area contributed by atoms with E-state index in [2.05, 4.69) is 4.74 Å². The Bertz CT molecular complexity index is 392. The number of ether oxygens (including phenoxy) is 2. The van der Waals surface area contributed by atoms with Crippen LogP contribution in [0.2, 0.25) is 0 Å². The Hall–Kier alpha value is -1.75. The van der Waals surface area contributed by atoms with Crippen LogP contribution in [0.4, 0.5) is 0 Å². The summed E-state index contributed by atoms with van der Waals surface area (Å²) in [5.74, 6) is 0.0507. The molecule has 0 heterocycles. The van der Waals surface area contributed by atoms with Crippen molar-refractivity contribution in [2.24, 2.45) is 5.73 Å². The number of methoxy groups -OCH3 is 1. The minimum atomic E-state index is -0.470. The van der Waals surface area contributed by atoms with Crippen molar-refractivity contribution in [1.29, 1.82) is 0 Å². The molecule has 0 aliphatic carbocycles. The molecule has 0 aliphatic rings. The molecule has 1 rings (SSSR count). The maximum atomic E-state index is 11.1. The van der Waals surface area contributed by atoms with Gasteiger partial charge in [0.25, 0.3) is 0 Å². The first-order chi connectivity index (χ1) is 8.08. The monoisotopic (exact) mass is 239 g/mol. The second kappa shape index (κ2) is 6.10. The van der Waals surface area contributed by atoms with Crippen LogP contribution >= 0.6 is 0 Å². The number of benzene rings is 1. The zero-order valence-corrected chi connectivity index (χ0v) is 9.97. The van der Waals surface area contributed by atoms with Crippen LogP contribution in [0.3, 0.4) is 0 Å². The van der Waals surface area contributed by atoms with Crippen LogP contribution in [0.1, 0.15) is 24.9 Å². The van der Waals surface area contributed by atoms with E-state index in [9.17, 15) is 9.90 Å². The minimum Gasteiger partial charge on any atom is -0.504 e.